The molecule has 2 heterocycles. The molecular formula is C30H25NO4. The summed E-state index contributed by atoms with van der Waals surface area (Å²) in [5, 5.41) is 0. The number of hydrogen-bond donors (Lipinski definition) is 0. The molecular weight excluding hydrogens is 438 g/mol. The van der Waals surface area contributed by atoms with Gasteiger partial charge in [0, 0.05) is 18.5 Å². The lowest BCUT2D eigenvalue weighted by Gasteiger charge is -2.25. The van der Waals surface area contributed by atoms with Crippen LogP contribution in [0.5, 0.6) is 17.2 Å². The van der Waals surface area contributed by atoms with Crippen molar-refractivity contribution in [3.8, 4) is 28.4 Å². The Morgan fingerprint density at radius 1 is 0.714 bits per heavy atom. The summed E-state index contributed by atoms with van der Waals surface area (Å²) < 4.78 is 17.2. The third-order valence-corrected chi connectivity index (χ3v) is 6.53. The van der Waals surface area contributed by atoms with Crippen LogP contribution in [0.2, 0.25) is 0 Å². The lowest BCUT2D eigenvalue weighted by molar-refractivity contribution is 0.0725. The molecule has 2 aliphatic rings. The second kappa shape index (κ2) is 9.18. The van der Waals surface area contributed by atoms with Gasteiger partial charge in [0.25, 0.3) is 5.91 Å². The average molecular weight is 464 g/mol. The normalized spacial score (nSPS) is 13.3. The first-order chi connectivity index (χ1) is 17.3. The van der Waals surface area contributed by atoms with Gasteiger partial charge in [-0.25, -0.2) is 0 Å². The Morgan fingerprint density at radius 3 is 2.40 bits per heavy atom. The van der Waals surface area contributed by atoms with E-state index in [1.807, 2.05) is 71.6 Å². The topological polar surface area (TPSA) is 48.0 Å². The van der Waals surface area contributed by atoms with Crippen molar-refractivity contribution in [3.63, 3.8) is 0 Å². The Balaban J connectivity index is 1.40. The highest BCUT2D eigenvalue weighted by molar-refractivity contribution is 5.97. The second-order valence-corrected chi connectivity index (χ2v) is 8.73. The van der Waals surface area contributed by atoms with Crippen molar-refractivity contribution in [1.82, 2.24) is 4.90 Å². The van der Waals surface area contributed by atoms with Gasteiger partial charge in [-0.2, -0.15) is 0 Å². The van der Waals surface area contributed by atoms with Crippen LogP contribution >= 0.6 is 0 Å². The zero-order chi connectivity index (χ0) is 23.6. The summed E-state index contributed by atoms with van der Waals surface area (Å²) in [7, 11) is 0. The number of benzene rings is 4. The van der Waals surface area contributed by atoms with Crippen molar-refractivity contribution in [1.29, 1.82) is 0 Å². The monoisotopic (exact) mass is 463 g/mol. The van der Waals surface area contributed by atoms with Crippen LogP contribution in [0.4, 0.5) is 0 Å². The van der Waals surface area contributed by atoms with Gasteiger partial charge in [0.05, 0.1) is 18.7 Å². The lowest BCUT2D eigenvalue weighted by Crippen LogP contribution is -2.30. The van der Waals surface area contributed by atoms with E-state index in [-0.39, 0.29) is 12.7 Å². The van der Waals surface area contributed by atoms with Crippen LogP contribution in [-0.2, 0) is 19.5 Å². The highest BCUT2D eigenvalue weighted by atomic mass is 16.7. The molecule has 0 atom stereocenters. The molecule has 0 fully saturated rings. The Bertz CT molecular complexity index is 1380. The molecule has 5 nitrogen and oxygen atoms in total. The van der Waals surface area contributed by atoms with Crippen LogP contribution in [0.15, 0.2) is 91.0 Å². The Morgan fingerprint density at radius 2 is 1.49 bits per heavy atom. The van der Waals surface area contributed by atoms with Crippen LogP contribution in [0.3, 0.4) is 0 Å². The zero-order valence-corrected chi connectivity index (χ0v) is 19.3. The third-order valence-electron chi connectivity index (χ3n) is 6.53. The summed E-state index contributed by atoms with van der Waals surface area (Å²) in [5.74, 6) is 2.06. The van der Waals surface area contributed by atoms with Crippen molar-refractivity contribution >= 4 is 5.91 Å². The molecule has 2 aliphatic heterocycles. The molecule has 1 amide bonds. The number of amides is 1. The highest BCUT2D eigenvalue weighted by Gasteiger charge is 2.27. The number of carbonyl (C=O) groups excluding carboxylic acids is 1. The minimum Gasteiger partial charge on any atom is -0.492 e. The first kappa shape index (κ1) is 21.3. The van der Waals surface area contributed by atoms with E-state index in [9.17, 15) is 4.79 Å². The van der Waals surface area contributed by atoms with Gasteiger partial charge >= 0.3 is 0 Å². The molecule has 0 aromatic heterocycles. The Labute approximate surface area is 204 Å². The van der Waals surface area contributed by atoms with Crippen molar-refractivity contribution in [2.24, 2.45) is 0 Å². The maximum Gasteiger partial charge on any atom is 0.258 e. The van der Waals surface area contributed by atoms with Crippen molar-refractivity contribution in [3.05, 3.63) is 113 Å². The molecule has 0 radical (unpaired) electrons. The lowest BCUT2D eigenvalue weighted by atomic mass is 9.98. The fourth-order valence-electron chi connectivity index (χ4n) is 4.84. The first-order valence-corrected chi connectivity index (χ1v) is 11.8. The van der Waals surface area contributed by atoms with E-state index in [1.165, 1.54) is 0 Å². The first-order valence-electron chi connectivity index (χ1n) is 11.8. The van der Waals surface area contributed by atoms with Gasteiger partial charge in [-0.05, 0) is 34.4 Å². The summed E-state index contributed by atoms with van der Waals surface area (Å²) in [4.78, 5) is 15.9. The number of para-hydroxylation sites is 2. The number of carbonyl (C=O) groups is 1. The number of fused-ring (bicyclic) bond motifs is 2. The van der Waals surface area contributed by atoms with Gasteiger partial charge in [-0.3, -0.25) is 4.79 Å². The number of hydrogen-bond acceptors (Lipinski definition) is 4. The van der Waals surface area contributed by atoms with E-state index in [4.69, 9.17) is 14.2 Å². The van der Waals surface area contributed by atoms with Gasteiger partial charge in [0.1, 0.15) is 5.75 Å². The fraction of sp³-hybridized carbons (Fsp3) is 0.167. The van der Waals surface area contributed by atoms with Gasteiger partial charge in [-0.15, -0.1) is 0 Å². The summed E-state index contributed by atoms with van der Waals surface area (Å²) >= 11 is 0. The number of ether oxygens (including phenoxy) is 3. The van der Waals surface area contributed by atoms with Gasteiger partial charge in [-0.1, -0.05) is 78.9 Å². The van der Waals surface area contributed by atoms with E-state index in [0.717, 1.165) is 34.2 Å². The number of rotatable bonds is 6. The third kappa shape index (κ3) is 4.10. The second-order valence-electron chi connectivity index (χ2n) is 8.73. The van der Waals surface area contributed by atoms with Gasteiger partial charge in [0.15, 0.2) is 11.5 Å². The predicted molar refractivity (Wildman–Crippen MR) is 134 cm³/mol. The molecule has 4 aromatic rings. The van der Waals surface area contributed by atoms with Crippen molar-refractivity contribution in [2.45, 2.75) is 19.5 Å². The minimum absolute atomic E-state index is 0.0665. The maximum absolute atomic E-state index is 14.0. The largest absolute Gasteiger partial charge is 0.492 e. The highest BCUT2D eigenvalue weighted by Crippen LogP contribution is 2.37. The van der Waals surface area contributed by atoms with Crippen LogP contribution in [-0.4, -0.2) is 24.2 Å². The van der Waals surface area contributed by atoms with E-state index in [2.05, 4.69) is 24.3 Å². The summed E-state index contributed by atoms with van der Waals surface area (Å²) in [6.45, 7) is 1.63. The Kier molecular flexibility index (Phi) is 5.59. The molecule has 0 aliphatic carbocycles. The Hall–Kier alpha value is -4.25. The van der Waals surface area contributed by atoms with Gasteiger partial charge in [0.2, 0.25) is 6.79 Å². The molecule has 0 saturated carbocycles. The molecule has 0 bridgehead atoms. The van der Waals surface area contributed by atoms with E-state index < -0.39 is 0 Å². The van der Waals surface area contributed by atoms with Crippen LogP contribution < -0.4 is 14.2 Å². The summed E-state index contributed by atoms with van der Waals surface area (Å²) in [6, 6.07) is 30.2. The molecule has 0 N–H and O–H groups in total. The quantitative estimate of drug-likeness (QED) is 0.359. The van der Waals surface area contributed by atoms with Crippen LogP contribution in [0.1, 0.15) is 27.0 Å². The van der Waals surface area contributed by atoms with Gasteiger partial charge < -0.3 is 19.1 Å². The molecule has 35 heavy (non-hydrogen) atoms. The molecule has 4 aromatic carbocycles. The molecule has 174 valence electrons. The predicted octanol–water partition coefficient (Wildman–Crippen LogP) is 5.86. The molecule has 0 unspecified atom stereocenters. The zero-order valence-electron chi connectivity index (χ0n) is 19.3. The van der Waals surface area contributed by atoms with Crippen LogP contribution in [0, 0.1) is 0 Å². The van der Waals surface area contributed by atoms with Crippen LogP contribution in [0.25, 0.3) is 11.1 Å². The smallest absolute Gasteiger partial charge is 0.258 e. The summed E-state index contributed by atoms with van der Waals surface area (Å²) in [5.41, 5.74) is 5.90. The standard InChI is InChI=1S/C30H25NO4/c32-30(26-14-6-11-22-16-17-33-28(22)26)31(19-24-12-7-15-27-29(24)35-20-34-27)18-23-10-4-5-13-25(23)21-8-2-1-3-9-21/h1-15H,16-20H2. The van der Waals surface area contributed by atoms with Crippen molar-refractivity contribution < 1.29 is 19.0 Å². The fourth-order valence-corrected chi connectivity index (χ4v) is 4.84. The maximum atomic E-state index is 14.0. The van der Waals surface area contributed by atoms with E-state index in [1.54, 1.807) is 0 Å². The molecule has 0 spiro atoms. The molecule has 5 heteroatoms. The molecule has 0 saturated heterocycles. The minimum atomic E-state index is -0.0665. The SMILES string of the molecule is O=C(c1cccc2c1OCC2)N(Cc1ccccc1-c1ccccc1)Cc1cccc2c1OCO2. The summed E-state index contributed by atoms with van der Waals surface area (Å²) in [6.07, 6.45) is 0.824. The number of nitrogens with zero attached hydrogens (tertiary/aromatic N) is 1. The van der Waals surface area contributed by atoms with E-state index in [0.29, 0.717) is 42.5 Å². The van der Waals surface area contributed by atoms with E-state index >= 15 is 0 Å². The van der Waals surface area contributed by atoms with Crippen molar-refractivity contribution in [2.75, 3.05) is 13.4 Å². The average Bonchev–Trinajstić information content (AvgIpc) is 3.59. The molecule has 6 rings (SSSR count).